The Morgan fingerprint density at radius 1 is 1.13 bits per heavy atom. The summed E-state index contributed by atoms with van der Waals surface area (Å²) in [7, 11) is 0. The van der Waals surface area contributed by atoms with Crippen LogP contribution in [-0.4, -0.2) is 104 Å². The predicted molar refractivity (Wildman–Crippen MR) is 166 cm³/mol. The van der Waals surface area contributed by atoms with Gasteiger partial charge in [0.2, 0.25) is 0 Å². The number of nitrogens with zero attached hydrogens (tertiary/aromatic N) is 6. The van der Waals surface area contributed by atoms with Crippen molar-refractivity contribution in [3.8, 4) is 11.6 Å². The van der Waals surface area contributed by atoms with E-state index in [-0.39, 0.29) is 34.6 Å². The molecule has 4 rings (SSSR count). The number of benzene rings is 1. The second-order valence-corrected chi connectivity index (χ2v) is 12.0. The third-order valence-corrected chi connectivity index (χ3v) is 8.06. The Balaban J connectivity index is 0.000000610. The number of carboxylic acids is 2. The number of hydrogen-bond donors (Lipinski definition) is 3. The average Bonchev–Trinajstić information content (AvgIpc) is 3.41. The molecule has 4 N–H and O–H groups in total. The van der Waals surface area contributed by atoms with Gasteiger partial charge in [0.1, 0.15) is 17.9 Å². The summed E-state index contributed by atoms with van der Waals surface area (Å²) in [5, 5.41) is 23.8. The van der Waals surface area contributed by atoms with Crippen LogP contribution in [0.5, 0.6) is 11.6 Å². The summed E-state index contributed by atoms with van der Waals surface area (Å²) >= 11 is 0. The Bertz CT molecular complexity index is 1350. The van der Waals surface area contributed by atoms with Gasteiger partial charge < -0.3 is 30.5 Å². The monoisotopic (exact) mass is 629 g/mol. The van der Waals surface area contributed by atoms with E-state index < -0.39 is 17.8 Å². The molecule has 0 bridgehead atoms. The maximum absolute atomic E-state index is 14.2. The highest BCUT2D eigenvalue weighted by Crippen LogP contribution is 2.44. The maximum Gasteiger partial charge on any atom is 0.328 e. The van der Waals surface area contributed by atoms with Crippen LogP contribution in [0.15, 0.2) is 36.7 Å². The molecule has 2 aromatic rings. The van der Waals surface area contributed by atoms with E-state index in [1.165, 1.54) is 24.5 Å². The minimum atomic E-state index is -1.26. The minimum absolute atomic E-state index is 0.0367. The van der Waals surface area contributed by atoms with Gasteiger partial charge in [-0.2, -0.15) is 0 Å². The number of carbonyl (C=O) groups excluding carboxylic acids is 1. The lowest BCUT2D eigenvalue weighted by molar-refractivity contribution is -0.134. The van der Waals surface area contributed by atoms with Crippen molar-refractivity contribution in [3.05, 3.63) is 48.1 Å². The molecule has 45 heavy (non-hydrogen) atoms. The number of anilines is 1. The fourth-order valence-corrected chi connectivity index (χ4v) is 5.98. The molecule has 1 spiro atoms. The van der Waals surface area contributed by atoms with Gasteiger partial charge >= 0.3 is 11.9 Å². The summed E-state index contributed by atoms with van der Waals surface area (Å²) in [6.45, 7) is 15.2. The van der Waals surface area contributed by atoms with Crippen molar-refractivity contribution in [1.29, 1.82) is 0 Å². The van der Waals surface area contributed by atoms with Crippen LogP contribution in [-0.2, 0) is 9.59 Å². The Labute approximate surface area is 262 Å². The largest absolute Gasteiger partial charge is 0.478 e. The van der Waals surface area contributed by atoms with Crippen molar-refractivity contribution in [3.63, 3.8) is 0 Å². The molecule has 0 radical (unpaired) electrons. The molecule has 2 aliphatic heterocycles. The van der Waals surface area contributed by atoms with E-state index in [9.17, 15) is 18.8 Å². The van der Waals surface area contributed by atoms with Crippen molar-refractivity contribution in [2.45, 2.75) is 59.5 Å². The van der Waals surface area contributed by atoms with Crippen LogP contribution in [0.2, 0.25) is 0 Å². The van der Waals surface area contributed by atoms with Crippen molar-refractivity contribution in [1.82, 2.24) is 25.0 Å². The lowest BCUT2D eigenvalue weighted by Crippen LogP contribution is -2.62. The number of likely N-dealkylation sites (tertiary alicyclic amines) is 1. The quantitative estimate of drug-likeness (QED) is 0.293. The Kier molecular flexibility index (Phi) is 12.3. The molecule has 246 valence electrons. The average molecular weight is 630 g/mol. The van der Waals surface area contributed by atoms with Crippen LogP contribution in [0.3, 0.4) is 0 Å². The summed E-state index contributed by atoms with van der Waals surface area (Å²) in [5.41, 5.74) is 6.23. The Morgan fingerprint density at radius 2 is 1.80 bits per heavy atom. The zero-order chi connectivity index (χ0) is 33.3. The standard InChI is InChI=1S/C27H40FN7O2.C4H4O4/c1-6-35(19(4)5)26(36)21-13-20(28)7-8-23(21)37-25-24(30-17-31-32-25)33-12-10-27(14-33)15-34(16-27)22(9-11-29)18(2)3;5-3(6)1-2-4(7)8/h7-8,13,17-19,22H,6,9-12,14-16,29H2,1-5H3;1-2H,(H,5,6)(H,7,8)/b;2-1+. The Morgan fingerprint density at radius 3 is 2.36 bits per heavy atom. The van der Waals surface area contributed by atoms with Gasteiger partial charge in [0.25, 0.3) is 11.8 Å². The van der Waals surface area contributed by atoms with E-state index in [1.54, 1.807) is 4.90 Å². The highest BCUT2D eigenvalue weighted by molar-refractivity contribution is 5.97. The van der Waals surface area contributed by atoms with Gasteiger partial charge in [-0.3, -0.25) is 9.69 Å². The van der Waals surface area contributed by atoms with E-state index in [0.29, 0.717) is 43.0 Å². The lowest BCUT2D eigenvalue weighted by Gasteiger charge is -2.52. The molecule has 0 aliphatic carbocycles. The van der Waals surface area contributed by atoms with Crippen LogP contribution in [0.4, 0.5) is 10.2 Å². The van der Waals surface area contributed by atoms with Crippen LogP contribution >= 0.6 is 0 Å². The van der Waals surface area contributed by atoms with Gasteiger partial charge in [0.05, 0.1) is 5.56 Å². The normalized spacial score (nSPS) is 16.4. The van der Waals surface area contributed by atoms with Gasteiger partial charge in [-0.15, -0.1) is 10.2 Å². The van der Waals surface area contributed by atoms with Gasteiger partial charge in [0.15, 0.2) is 5.82 Å². The van der Waals surface area contributed by atoms with E-state index >= 15 is 0 Å². The number of nitrogens with two attached hydrogens (primary N) is 1. The summed E-state index contributed by atoms with van der Waals surface area (Å²) in [4.78, 5) is 43.2. The number of aliphatic carboxylic acids is 2. The second kappa shape index (κ2) is 15.7. The third-order valence-electron chi connectivity index (χ3n) is 8.06. The van der Waals surface area contributed by atoms with Gasteiger partial charge in [-0.25, -0.2) is 19.0 Å². The third kappa shape index (κ3) is 9.17. The van der Waals surface area contributed by atoms with E-state index in [4.69, 9.17) is 20.7 Å². The highest BCUT2D eigenvalue weighted by Gasteiger charge is 2.50. The number of rotatable bonds is 12. The molecule has 1 aromatic heterocycles. The fourth-order valence-electron chi connectivity index (χ4n) is 5.98. The number of ether oxygens (including phenoxy) is 1. The first-order valence-corrected chi connectivity index (χ1v) is 15.1. The molecular formula is C31H44FN7O6. The van der Waals surface area contributed by atoms with E-state index in [2.05, 4.69) is 38.8 Å². The summed E-state index contributed by atoms with van der Waals surface area (Å²) < 4.78 is 20.3. The molecule has 1 aromatic carbocycles. The van der Waals surface area contributed by atoms with Crippen LogP contribution in [0, 0.1) is 17.2 Å². The number of carboxylic acid groups (broad SMARTS) is 2. The number of carbonyl (C=O) groups is 3. The first-order valence-electron chi connectivity index (χ1n) is 15.1. The second-order valence-electron chi connectivity index (χ2n) is 12.0. The van der Waals surface area contributed by atoms with Gasteiger partial charge in [-0.05, 0) is 64.3 Å². The first-order chi connectivity index (χ1) is 21.3. The SMILES string of the molecule is CCN(C(=O)c1cc(F)ccc1Oc1nncnc1N1CCC2(C1)CN(C(CCN)C(C)C)C2)C(C)C.O=C(O)/C=C/C(=O)O. The van der Waals surface area contributed by atoms with Crippen molar-refractivity contribution in [2.75, 3.05) is 44.2 Å². The fraction of sp³-hybridized carbons (Fsp3) is 0.548. The molecule has 14 heteroatoms. The molecule has 2 aliphatic rings. The van der Waals surface area contributed by atoms with E-state index in [1.807, 2.05) is 20.8 Å². The zero-order valence-corrected chi connectivity index (χ0v) is 26.5. The van der Waals surface area contributed by atoms with Crippen molar-refractivity contribution in [2.24, 2.45) is 17.1 Å². The van der Waals surface area contributed by atoms with Crippen LogP contribution < -0.4 is 15.4 Å². The van der Waals surface area contributed by atoms with Gasteiger partial charge in [-0.1, -0.05) is 13.8 Å². The molecular weight excluding hydrogens is 585 g/mol. The predicted octanol–water partition coefficient (Wildman–Crippen LogP) is 3.27. The lowest BCUT2D eigenvalue weighted by atomic mass is 9.76. The molecule has 13 nitrogen and oxygen atoms in total. The smallest absolute Gasteiger partial charge is 0.328 e. The molecule has 3 heterocycles. The topological polar surface area (TPSA) is 175 Å². The van der Waals surface area contributed by atoms with E-state index in [0.717, 1.165) is 39.0 Å². The van der Waals surface area contributed by atoms with Gasteiger partial charge in [0, 0.05) is 62.4 Å². The summed E-state index contributed by atoms with van der Waals surface area (Å²) in [6, 6.07) is 4.43. The maximum atomic E-state index is 14.2. The molecule has 2 saturated heterocycles. The molecule has 2 fully saturated rings. The molecule has 1 atom stereocenters. The van der Waals surface area contributed by atoms with Crippen LogP contribution in [0.1, 0.15) is 57.8 Å². The number of halogens is 1. The molecule has 1 unspecified atom stereocenters. The molecule has 0 saturated carbocycles. The number of hydrogen-bond acceptors (Lipinski definition) is 10. The summed E-state index contributed by atoms with van der Waals surface area (Å²) in [6.07, 6.45) is 4.59. The zero-order valence-electron chi connectivity index (χ0n) is 26.5. The summed E-state index contributed by atoms with van der Waals surface area (Å²) in [5.74, 6) is -1.70. The minimum Gasteiger partial charge on any atom is -0.478 e. The molecule has 1 amide bonds. The van der Waals surface area contributed by atoms with Crippen molar-refractivity contribution >= 4 is 23.7 Å². The Hall–Kier alpha value is -4.17. The number of amides is 1. The van der Waals surface area contributed by atoms with Crippen molar-refractivity contribution < 1.29 is 33.7 Å². The first kappa shape index (κ1) is 35.3. The highest BCUT2D eigenvalue weighted by atomic mass is 19.1. The van der Waals surface area contributed by atoms with Crippen LogP contribution in [0.25, 0.3) is 0 Å². The number of aromatic nitrogens is 3.